The highest BCUT2D eigenvalue weighted by Gasteiger charge is 2.41. The van der Waals surface area contributed by atoms with Crippen LogP contribution in [0.4, 0.5) is 24.8 Å². The molecular weight excluding hydrogens is 577 g/mol. The van der Waals surface area contributed by atoms with Gasteiger partial charge in [-0.25, -0.2) is 31.6 Å². The van der Waals surface area contributed by atoms with Crippen LogP contribution in [0.3, 0.4) is 0 Å². The van der Waals surface area contributed by atoms with Crippen LogP contribution in [-0.4, -0.2) is 60.0 Å². The molecule has 42 heavy (non-hydrogen) atoms. The summed E-state index contributed by atoms with van der Waals surface area (Å²) in [7, 11) is -0.932. The lowest BCUT2D eigenvalue weighted by molar-refractivity contribution is -0.138. The molecule has 4 rings (SSSR count). The van der Waals surface area contributed by atoms with Crippen LogP contribution in [0.5, 0.6) is 0 Å². The number of benzene rings is 2. The first-order valence-corrected chi connectivity index (χ1v) is 14.4. The molecule has 3 aromatic rings. The summed E-state index contributed by atoms with van der Waals surface area (Å²) in [6.07, 6.45) is -3.42. The summed E-state index contributed by atoms with van der Waals surface area (Å²) in [5, 5.41) is 13.7. The number of esters is 1. The summed E-state index contributed by atoms with van der Waals surface area (Å²) in [5.74, 6) is -0.880. The van der Waals surface area contributed by atoms with Gasteiger partial charge in [-0.2, -0.15) is 18.4 Å². The molecule has 0 saturated heterocycles. The highest BCUT2D eigenvalue weighted by molar-refractivity contribution is 7.88. The number of aromatic nitrogens is 3. The van der Waals surface area contributed by atoms with Crippen LogP contribution in [0, 0.1) is 11.3 Å². The molecule has 0 aliphatic carbocycles. The normalized spacial score (nSPS) is 15.5. The molecule has 0 fully saturated rings. The molecular formula is C27H27F3N6O5S. The maximum absolute atomic E-state index is 13.9. The Morgan fingerprint density at radius 2 is 1.86 bits per heavy atom. The van der Waals surface area contributed by atoms with Crippen molar-refractivity contribution in [1.29, 1.82) is 5.26 Å². The molecule has 0 N–H and O–H groups in total. The van der Waals surface area contributed by atoms with E-state index in [1.54, 1.807) is 12.1 Å². The fourth-order valence-electron chi connectivity index (χ4n) is 4.69. The monoisotopic (exact) mass is 604 g/mol. The lowest BCUT2D eigenvalue weighted by Gasteiger charge is -2.35. The molecule has 2 heterocycles. The number of nitrogens with zero attached hydrogens (tertiary/aromatic N) is 6. The Labute approximate surface area is 239 Å². The second kappa shape index (κ2) is 11.5. The van der Waals surface area contributed by atoms with E-state index in [2.05, 4.69) is 5.10 Å². The van der Waals surface area contributed by atoms with Crippen LogP contribution in [0.1, 0.15) is 36.1 Å². The van der Waals surface area contributed by atoms with E-state index in [-0.39, 0.29) is 42.4 Å². The predicted octanol–water partition coefficient (Wildman–Crippen LogP) is 3.40. The summed E-state index contributed by atoms with van der Waals surface area (Å²) < 4.78 is 72.9. The van der Waals surface area contributed by atoms with Crippen molar-refractivity contribution in [3.8, 4) is 6.07 Å². The summed E-state index contributed by atoms with van der Waals surface area (Å²) >= 11 is 0. The van der Waals surface area contributed by atoms with Crippen molar-refractivity contribution in [2.24, 2.45) is 0 Å². The quantitative estimate of drug-likeness (QED) is 0.358. The number of hydrogen-bond donors (Lipinski definition) is 0. The maximum atomic E-state index is 13.9. The molecule has 1 aliphatic rings. The third-order valence-electron chi connectivity index (χ3n) is 6.91. The van der Waals surface area contributed by atoms with Gasteiger partial charge in [0.2, 0.25) is 16.0 Å². The number of carbonyl (C=O) groups excluding carboxylic acids is 1. The zero-order valence-electron chi connectivity index (χ0n) is 23.1. The number of allylic oxidation sites excluding steroid dienone is 1. The SMILES string of the molecule is COC(=O)C1=C(C)N(c2cccc(C(F)(F)F)c2)c2nn(CCCN(C)S(C)(=O)=O)c(=O)n2C1c1ccc(C#N)cc1. The molecule has 1 aliphatic heterocycles. The van der Waals surface area contributed by atoms with Gasteiger partial charge >= 0.3 is 17.8 Å². The van der Waals surface area contributed by atoms with E-state index in [1.165, 1.54) is 47.7 Å². The number of ether oxygens (including phenoxy) is 1. The number of fused-ring (bicyclic) bond motifs is 1. The van der Waals surface area contributed by atoms with Gasteiger partial charge < -0.3 is 4.74 Å². The smallest absolute Gasteiger partial charge is 0.416 e. The van der Waals surface area contributed by atoms with Gasteiger partial charge in [-0.05, 0) is 49.2 Å². The number of anilines is 2. The number of alkyl halides is 3. The second-order valence-electron chi connectivity index (χ2n) is 9.62. The molecule has 2 aromatic carbocycles. The number of hydrogen-bond acceptors (Lipinski definition) is 8. The minimum absolute atomic E-state index is 0.00258. The van der Waals surface area contributed by atoms with Crippen LogP contribution in [0.25, 0.3) is 0 Å². The molecule has 1 atom stereocenters. The third kappa shape index (κ3) is 5.81. The Kier molecular flexibility index (Phi) is 8.33. The average molecular weight is 605 g/mol. The summed E-state index contributed by atoms with van der Waals surface area (Å²) in [6.45, 7) is 1.56. The molecule has 11 nitrogen and oxygen atoms in total. The van der Waals surface area contributed by atoms with Crippen molar-refractivity contribution < 1.29 is 31.1 Å². The van der Waals surface area contributed by atoms with E-state index < -0.39 is 39.5 Å². The highest BCUT2D eigenvalue weighted by atomic mass is 32.2. The van der Waals surface area contributed by atoms with Gasteiger partial charge in [0.15, 0.2) is 0 Å². The summed E-state index contributed by atoms with van der Waals surface area (Å²) in [4.78, 5) is 28.3. The van der Waals surface area contributed by atoms with E-state index in [0.717, 1.165) is 34.5 Å². The van der Waals surface area contributed by atoms with Crippen LogP contribution < -0.4 is 10.6 Å². The molecule has 0 radical (unpaired) electrons. The Hall–Kier alpha value is -4.42. The molecule has 0 amide bonds. The van der Waals surface area contributed by atoms with E-state index in [4.69, 9.17) is 4.74 Å². The van der Waals surface area contributed by atoms with Crippen LogP contribution in [0.2, 0.25) is 0 Å². The van der Waals surface area contributed by atoms with Gasteiger partial charge in [-0.1, -0.05) is 18.2 Å². The van der Waals surface area contributed by atoms with Gasteiger partial charge in [0.1, 0.15) is 6.04 Å². The van der Waals surface area contributed by atoms with Crippen LogP contribution in [0.15, 0.2) is 64.6 Å². The number of sulfonamides is 1. The maximum Gasteiger partial charge on any atom is 0.416 e. The molecule has 1 unspecified atom stereocenters. The fourth-order valence-corrected chi connectivity index (χ4v) is 5.16. The average Bonchev–Trinajstić information content (AvgIpc) is 3.26. The van der Waals surface area contributed by atoms with Crippen LogP contribution in [-0.2, 0) is 32.3 Å². The fraction of sp³-hybridized carbons (Fsp3) is 0.333. The summed E-state index contributed by atoms with van der Waals surface area (Å²) in [5.41, 5.74) is -0.721. The predicted molar refractivity (Wildman–Crippen MR) is 146 cm³/mol. The number of rotatable bonds is 8. The van der Waals surface area contributed by atoms with Crippen molar-refractivity contribution in [1.82, 2.24) is 18.7 Å². The minimum Gasteiger partial charge on any atom is -0.466 e. The van der Waals surface area contributed by atoms with Crippen molar-refractivity contribution in [3.63, 3.8) is 0 Å². The zero-order valence-corrected chi connectivity index (χ0v) is 23.9. The lowest BCUT2D eigenvalue weighted by atomic mass is 9.93. The Morgan fingerprint density at radius 1 is 1.19 bits per heavy atom. The molecule has 222 valence electrons. The molecule has 15 heteroatoms. The zero-order chi connectivity index (χ0) is 31.0. The van der Waals surface area contributed by atoms with Crippen molar-refractivity contribution in [2.45, 2.75) is 32.1 Å². The number of nitriles is 1. The summed E-state index contributed by atoms with van der Waals surface area (Å²) in [6, 6.07) is 11.4. The second-order valence-corrected chi connectivity index (χ2v) is 11.7. The van der Waals surface area contributed by atoms with Gasteiger partial charge in [0.05, 0.1) is 36.1 Å². The highest BCUT2D eigenvalue weighted by Crippen LogP contribution is 2.43. The number of aryl methyl sites for hydroxylation is 1. The minimum atomic E-state index is -4.66. The first kappa shape index (κ1) is 30.5. The number of methoxy groups -OCH3 is 1. The Balaban J connectivity index is 1.94. The largest absolute Gasteiger partial charge is 0.466 e. The molecule has 0 spiro atoms. The first-order valence-electron chi connectivity index (χ1n) is 12.6. The van der Waals surface area contributed by atoms with E-state index >= 15 is 0 Å². The van der Waals surface area contributed by atoms with E-state index in [1.807, 2.05) is 6.07 Å². The molecule has 0 bridgehead atoms. The number of halogens is 3. The topological polar surface area (TPSA) is 131 Å². The van der Waals surface area contributed by atoms with Gasteiger partial charge in [-0.15, -0.1) is 5.10 Å². The third-order valence-corrected chi connectivity index (χ3v) is 8.23. The van der Waals surface area contributed by atoms with Crippen molar-refractivity contribution in [2.75, 3.05) is 31.9 Å². The Morgan fingerprint density at radius 3 is 2.43 bits per heavy atom. The van der Waals surface area contributed by atoms with Crippen molar-refractivity contribution >= 4 is 27.6 Å². The van der Waals surface area contributed by atoms with Gasteiger partial charge in [-0.3, -0.25) is 4.90 Å². The first-order chi connectivity index (χ1) is 19.7. The standard InChI is InChI=1S/C27H27F3N6O5S/c1-17-22(24(37)41-3)23(19-11-9-18(16-31)10-12-19)36-25(35(17)21-8-5-7-20(15-21)27(28,29)30)32-34(26(36)38)14-6-13-33(2)42(4,39)40/h5,7-12,15,23H,6,13-14H2,1-4H3. The van der Waals surface area contributed by atoms with Gasteiger partial charge in [0.25, 0.3) is 0 Å². The molecule has 1 aromatic heterocycles. The Bertz CT molecular complexity index is 1750. The van der Waals surface area contributed by atoms with E-state index in [0.29, 0.717) is 11.1 Å². The number of carbonyl (C=O) groups is 1. The lowest BCUT2D eigenvalue weighted by Crippen LogP contribution is -2.38. The molecule has 0 saturated carbocycles. The van der Waals surface area contributed by atoms with Crippen molar-refractivity contribution in [3.05, 3.63) is 87.0 Å². The van der Waals surface area contributed by atoms with E-state index in [9.17, 15) is 36.4 Å². The van der Waals surface area contributed by atoms with Gasteiger partial charge in [0, 0.05) is 31.5 Å². The van der Waals surface area contributed by atoms with Crippen LogP contribution >= 0.6 is 0 Å².